The van der Waals surface area contributed by atoms with Crippen LogP contribution in [-0.2, 0) is 17.1 Å². The van der Waals surface area contributed by atoms with Gasteiger partial charge in [-0.2, -0.15) is 0 Å². The molecule has 0 aliphatic rings. The molecule has 142 valence electrons. The Kier molecular flexibility index (Phi) is 5.18. The molecule has 0 amide bonds. The summed E-state index contributed by atoms with van der Waals surface area (Å²) in [6, 6.07) is 10.7. The summed E-state index contributed by atoms with van der Waals surface area (Å²) in [5.41, 5.74) is 3.43. The van der Waals surface area contributed by atoms with Gasteiger partial charge in [0.2, 0.25) is 10.0 Å². The number of aromatic nitrogens is 2. The van der Waals surface area contributed by atoms with Crippen molar-refractivity contribution in [3.8, 4) is 0 Å². The predicted molar refractivity (Wildman–Crippen MR) is 109 cm³/mol. The summed E-state index contributed by atoms with van der Waals surface area (Å²) >= 11 is 0. The standard InChI is InChI=1S/C19H22N4O3S/c1-4-9-27(25,26)22-15-6-5-13(2)18(11-15)21-14-7-8-17-16(10-14)19(24)23(3)12-20-17/h5-8,10-12,21-22H,4,9H2,1-3H3. The van der Waals surface area contributed by atoms with Crippen molar-refractivity contribution in [2.24, 2.45) is 7.05 Å². The Morgan fingerprint density at radius 2 is 1.85 bits per heavy atom. The lowest BCUT2D eigenvalue weighted by Crippen LogP contribution is -2.17. The van der Waals surface area contributed by atoms with Gasteiger partial charge in [0.05, 0.1) is 28.7 Å². The van der Waals surface area contributed by atoms with Crippen molar-refractivity contribution in [3.05, 3.63) is 58.6 Å². The Bertz CT molecular complexity index is 1150. The number of benzene rings is 2. The van der Waals surface area contributed by atoms with Crippen LogP contribution in [0, 0.1) is 6.92 Å². The second-order valence-electron chi connectivity index (χ2n) is 6.47. The van der Waals surface area contributed by atoms with E-state index in [1.165, 1.54) is 10.9 Å². The maximum absolute atomic E-state index is 12.3. The minimum atomic E-state index is -3.36. The van der Waals surface area contributed by atoms with E-state index in [4.69, 9.17) is 0 Å². The SMILES string of the molecule is CCCS(=O)(=O)Nc1ccc(C)c(Nc2ccc3ncn(C)c(=O)c3c2)c1. The maximum atomic E-state index is 12.3. The van der Waals surface area contributed by atoms with E-state index in [1.807, 2.05) is 26.0 Å². The molecule has 1 aromatic heterocycles. The monoisotopic (exact) mass is 386 g/mol. The molecule has 7 nitrogen and oxygen atoms in total. The molecule has 0 unspecified atom stereocenters. The fraction of sp³-hybridized carbons (Fsp3) is 0.263. The van der Waals surface area contributed by atoms with Crippen molar-refractivity contribution in [1.82, 2.24) is 9.55 Å². The van der Waals surface area contributed by atoms with Gasteiger partial charge in [-0.25, -0.2) is 13.4 Å². The highest BCUT2D eigenvalue weighted by Crippen LogP contribution is 2.26. The molecule has 0 fully saturated rings. The van der Waals surface area contributed by atoms with Gasteiger partial charge in [0.25, 0.3) is 5.56 Å². The van der Waals surface area contributed by atoms with Crippen LogP contribution in [0.3, 0.4) is 0 Å². The van der Waals surface area contributed by atoms with Crippen molar-refractivity contribution < 1.29 is 8.42 Å². The lowest BCUT2D eigenvalue weighted by Gasteiger charge is -2.13. The van der Waals surface area contributed by atoms with E-state index in [9.17, 15) is 13.2 Å². The molecule has 0 saturated carbocycles. The molecule has 2 N–H and O–H groups in total. The van der Waals surface area contributed by atoms with E-state index in [0.717, 1.165) is 16.9 Å². The average Bonchev–Trinajstić information content (AvgIpc) is 2.61. The maximum Gasteiger partial charge on any atom is 0.260 e. The van der Waals surface area contributed by atoms with E-state index in [2.05, 4.69) is 15.0 Å². The van der Waals surface area contributed by atoms with Crippen LogP contribution in [0.5, 0.6) is 0 Å². The van der Waals surface area contributed by atoms with Crippen LogP contribution < -0.4 is 15.6 Å². The van der Waals surface area contributed by atoms with E-state index in [1.54, 1.807) is 31.3 Å². The fourth-order valence-corrected chi connectivity index (χ4v) is 3.89. The molecule has 0 bridgehead atoms. The highest BCUT2D eigenvalue weighted by molar-refractivity contribution is 7.92. The zero-order valence-electron chi connectivity index (χ0n) is 15.5. The van der Waals surface area contributed by atoms with Crippen LogP contribution in [0.4, 0.5) is 17.1 Å². The molecule has 0 atom stereocenters. The van der Waals surface area contributed by atoms with Crippen molar-refractivity contribution in [1.29, 1.82) is 0 Å². The first-order chi connectivity index (χ1) is 12.8. The molecule has 3 aromatic rings. The molecule has 2 aromatic carbocycles. The van der Waals surface area contributed by atoms with Gasteiger partial charge in [0.15, 0.2) is 0 Å². The third kappa shape index (κ3) is 4.28. The number of rotatable bonds is 6. The van der Waals surface area contributed by atoms with Crippen molar-refractivity contribution in [2.75, 3.05) is 15.8 Å². The van der Waals surface area contributed by atoms with Gasteiger partial charge in [-0.05, 0) is 49.2 Å². The molecular formula is C19H22N4O3S. The van der Waals surface area contributed by atoms with Gasteiger partial charge < -0.3 is 9.88 Å². The molecule has 8 heteroatoms. The second kappa shape index (κ2) is 7.40. The van der Waals surface area contributed by atoms with Gasteiger partial charge in [0.1, 0.15) is 0 Å². The Morgan fingerprint density at radius 1 is 1.11 bits per heavy atom. The molecule has 0 aliphatic carbocycles. The van der Waals surface area contributed by atoms with Crippen LogP contribution in [0.1, 0.15) is 18.9 Å². The summed E-state index contributed by atoms with van der Waals surface area (Å²) < 4.78 is 28.0. The predicted octanol–water partition coefficient (Wildman–Crippen LogP) is 3.14. The van der Waals surface area contributed by atoms with Crippen LogP contribution in [0.2, 0.25) is 0 Å². The van der Waals surface area contributed by atoms with Crippen LogP contribution in [0.15, 0.2) is 47.5 Å². The Balaban J connectivity index is 1.93. The lowest BCUT2D eigenvalue weighted by molar-refractivity contribution is 0.600. The Labute approximate surface area is 158 Å². The summed E-state index contributed by atoms with van der Waals surface area (Å²) in [6.45, 7) is 3.74. The third-order valence-electron chi connectivity index (χ3n) is 4.18. The molecule has 0 aliphatic heterocycles. The van der Waals surface area contributed by atoms with Crippen molar-refractivity contribution >= 4 is 38.0 Å². The van der Waals surface area contributed by atoms with E-state index < -0.39 is 10.0 Å². The molecule has 0 spiro atoms. The van der Waals surface area contributed by atoms with E-state index in [-0.39, 0.29) is 11.3 Å². The first kappa shape index (κ1) is 18.9. The average molecular weight is 386 g/mol. The summed E-state index contributed by atoms with van der Waals surface area (Å²) in [5, 5.41) is 3.77. The normalized spacial score (nSPS) is 11.5. The molecule has 1 heterocycles. The number of sulfonamides is 1. The number of nitrogens with one attached hydrogen (secondary N) is 2. The van der Waals surface area contributed by atoms with Gasteiger partial charge in [-0.15, -0.1) is 0 Å². The first-order valence-corrected chi connectivity index (χ1v) is 10.3. The highest BCUT2D eigenvalue weighted by atomic mass is 32.2. The van der Waals surface area contributed by atoms with Crippen molar-refractivity contribution in [3.63, 3.8) is 0 Å². The van der Waals surface area contributed by atoms with E-state index >= 15 is 0 Å². The number of fused-ring (bicyclic) bond motifs is 1. The second-order valence-corrected chi connectivity index (χ2v) is 8.31. The summed E-state index contributed by atoms with van der Waals surface area (Å²) in [6.07, 6.45) is 2.04. The highest BCUT2D eigenvalue weighted by Gasteiger charge is 2.10. The van der Waals surface area contributed by atoms with Crippen LogP contribution in [-0.4, -0.2) is 23.7 Å². The molecule has 27 heavy (non-hydrogen) atoms. The first-order valence-electron chi connectivity index (χ1n) is 8.62. The fourth-order valence-electron chi connectivity index (χ4n) is 2.76. The Hall–Kier alpha value is -2.87. The molecule has 3 rings (SSSR count). The Morgan fingerprint density at radius 3 is 2.59 bits per heavy atom. The number of hydrogen-bond acceptors (Lipinski definition) is 5. The lowest BCUT2D eigenvalue weighted by atomic mass is 10.1. The largest absolute Gasteiger partial charge is 0.355 e. The summed E-state index contributed by atoms with van der Waals surface area (Å²) in [7, 11) is -1.70. The van der Waals surface area contributed by atoms with Crippen molar-refractivity contribution in [2.45, 2.75) is 20.3 Å². The van der Waals surface area contributed by atoms with Gasteiger partial charge >= 0.3 is 0 Å². The minimum Gasteiger partial charge on any atom is -0.355 e. The van der Waals surface area contributed by atoms with Gasteiger partial charge in [-0.1, -0.05) is 13.0 Å². The van der Waals surface area contributed by atoms with Crippen LogP contribution >= 0.6 is 0 Å². The topological polar surface area (TPSA) is 93.1 Å². The zero-order chi connectivity index (χ0) is 19.6. The number of anilines is 3. The minimum absolute atomic E-state index is 0.0740. The third-order valence-corrected chi connectivity index (χ3v) is 5.67. The number of aryl methyl sites for hydroxylation is 2. The molecule has 0 radical (unpaired) electrons. The van der Waals surface area contributed by atoms with Gasteiger partial charge in [0, 0.05) is 18.4 Å². The van der Waals surface area contributed by atoms with E-state index in [0.29, 0.717) is 23.0 Å². The number of hydrogen-bond donors (Lipinski definition) is 2. The number of nitrogens with zero attached hydrogens (tertiary/aromatic N) is 2. The quantitative estimate of drug-likeness (QED) is 0.679. The smallest absolute Gasteiger partial charge is 0.260 e. The molecular weight excluding hydrogens is 364 g/mol. The molecule has 0 saturated heterocycles. The summed E-state index contributed by atoms with van der Waals surface area (Å²) in [4.78, 5) is 16.5. The summed E-state index contributed by atoms with van der Waals surface area (Å²) in [5.74, 6) is 0.0740. The zero-order valence-corrected chi connectivity index (χ0v) is 16.3. The van der Waals surface area contributed by atoms with Gasteiger partial charge in [-0.3, -0.25) is 9.52 Å². The van der Waals surface area contributed by atoms with Crippen LogP contribution in [0.25, 0.3) is 10.9 Å².